The highest BCUT2D eigenvalue weighted by Crippen LogP contribution is 2.19. The summed E-state index contributed by atoms with van der Waals surface area (Å²) in [5, 5.41) is 13.4. The van der Waals surface area contributed by atoms with Crippen molar-refractivity contribution in [1.82, 2.24) is 0 Å². The molecule has 2 aromatic carbocycles. The van der Waals surface area contributed by atoms with Crippen LogP contribution in [0, 0.1) is 10.1 Å². The maximum Gasteiger partial charge on any atom is 0.271 e. The van der Waals surface area contributed by atoms with Crippen LogP contribution in [0.15, 0.2) is 48.5 Å². The van der Waals surface area contributed by atoms with Gasteiger partial charge in [-0.05, 0) is 23.8 Å². The monoisotopic (exact) mass is 332 g/mol. The summed E-state index contributed by atoms with van der Waals surface area (Å²) in [6.07, 6.45) is 0. The predicted octanol–water partition coefficient (Wildman–Crippen LogP) is 3.48. The Labute approximate surface area is 138 Å². The molecule has 23 heavy (non-hydrogen) atoms. The lowest BCUT2D eigenvalue weighted by molar-refractivity contribution is -0.384. The van der Waals surface area contributed by atoms with E-state index in [4.69, 9.17) is 4.74 Å². The molecule has 0 bridgehead atoms. The number of amides is 1. The Bertz CT molecular complexity index is 689. The molecule has 1 N–H and O–H groups in total. The molecule has 0 spiro atoms. The summed E-state index contributed by atoms with van der Waals surface area (Å²) in [6, 6.07) is 13.5. The third-order valence-corrected chi connectivity index (χ3v) is 4.01. The Kier molecular flexibility index (Phi) is 5.99. The number of benzene rings is 2. The fourth-order valence-electron chi connectivity index (χ4n) is 1.88. The SMILES string of the molecule is COc1ccc(CSCC(=O)Nc2cccc([N+](=O)[O-])c2)cc1. The Morgan fingerprint density at radius 1 is 1.26 bits per heavy atom. The summed E-state index contributed by atoms with van der Waals surface area (Å²) in [4.78, 5) is 22.1. The van der Waals surface area contributed by atoms with E-state index in [1.54, 1.807) is 13.2 Å². The summed E-state index contributed by atoms with van der Waals surface area (Å²) in [5.41, 5.74) is 1.47. The van der Waals surface area contributed by atoms with E-state index in [1.807, 2.05) is 24.3 Å². The van der Waals surface area contributed by atoms with Crippen LogP contribution in [0.25, 0.3) is 0 Å². The van der Waals surface area contributed by atoms with Gasteiger partial charge in [-0.1, -0.05) is 18.2 Å². The molecule has 0 radical (unpaired) electrons. The van der Waals surface area contributed by atoms with Gasteiger partial charge < -0.3 is 10.1 Å². The lowest BCUT2D eigenvalue weighted by Crippen LogP contribution is -2.14. The highest BCUT2D eigenvalue weighted by Gasteiger charge is 2.08. The molecule has 0 unspecified atom stereocenters. The van der Waals surface area contributed by atoms with E-state index in [0.29, 0.717) is 11.4 Å². The molecule has 120 valence electrons. The fraction of sp³-hybridized carbons (Fsp3) is 0.188. The normalized spacial score (nSPS) is 10.1. The second-order valence-corrected chi connectivity index (χ2v) is 5.68. The van der Waals surface area contributed by atoms with Gasteiger partial charge in [-0.25, -0.2) is 0 Å². The number of methoxy groups -OCH3 is 1. The van der Waals surface area contributed by atoms with Crippen LogP contribution in [0.5, 0.6) is 5.75 Å². The molecule has 0 saturated heterocycles. The topological polar surface area (TPSA) is 81.5 Å². The zero-order valence-corrected chi connectivity index (χ0v) is 13.3. The number of carbonyl (C=O) groups is 1. The molecule has 0 saturated carbocycles. The zero-order valence-electron chi connectivity index (χ0n) is 12.5. The molecular weight excluding hydrogens is 316 g/mol. The zero-order chi connectivity index (χ0) is 16.7. The van der Waals surface area contributed by atoms with Gasteiger partial charge in [-0.2, -0.15) is 0 Å². The number of nitro groups is 1. The van der Waals surface area contributed by atoms with Gasteiger partial charge in [0, 0.05) is 23.6 Å². The number of thioether (sulfide) groups is 1. The third-order valence-electron chi connectivity index (χ3n) is 3.00. The fourth-order valence-corrected chi connectivity index (χ4v) is 2.67. The molecule has 0 fully saturated rings. The number of ether oxygens (including phenoxy) is 1. The number of non-ortho nitro benzene ring substituents is 1. The molecule has 7 heteroatoms. The van der Waals surface area contributed by atoms with E-state index in [2.05, 4.69) is 5.32 Å². The Morgan fingerprint density at radius 3 is 2.65 bits per heavy atom. The van der Waals surface area contributed by atoms with Crippen molar-refractivity contribution in [2.75, 3.05) is 18.2 Å². The molecule has 0 aliphatic rings. The maximum atomic E-state index is 11.9. The van der Waals surface area contributed by atoms with Gasteiger partial charge in [0.15, 0.2) is 0 Å². The van der Waals surface area contributed by atoms with Crippen LogP contribution in [0.1, 0.15) is 5.56 Å². The van der Waals surface area contributed by atoms with E-state index in [9.17, 15) is 14.9 Å². The second-order valence-electron chi connectivity index (χ2n) is 4.70. The van der Waals surface area contributed by atoms with E-state index in [1.165, 1.54) is 30.0 Å². The summed E-state index contributed by atoms with van der Waals surface area (Å²) in [5.74, 6) is 1.58. The van der Waals surface area contributed by atoms with Crippen LogP contribution in [0.4, 0.5) is 11.4 Å². The molecule has 0 heterocycles. The predicted molar refractivity (Wildman–Crippen MR) is 90.9 cm³/mol. The number of anilines is 1. The Balaban J connectivity index is 1.80. The molecule has 0 aliphatic heterocycles. The van der Waals surface area contributed by atoms with Crippen molar-refractivity contribution in [3.8, 4) is 5.75 Å². The van der Waals surface area contributed by atoms with Gasteiger partial charge in [-0.3, -0.25) is 14.9 Å². The van der Waals surface area contributed by atoms with Gasteiger partial charge in [0.1, 0.15) is 5.75 Å². The molecular formula is C16H16N2O4S. The highest BCUT2D eigenvalue weighted by atomic mass is 32.2. The van der Waals surface area contributed by atoms with Crippen LogP contribution in [0.3, 0.4) is 0 Å². The summed E-state index contributed by atoms with van der Waals surface area (Å²) >= 11 is 1.47. The molecule has 6 nitrogen and oxygen atoms in total. The average molecular weight is 332 g/mol. The second kappa shape index (κ2) is 8.19. The quantitative estimate of drug-likeness (QED) is 0.620. The minimum absolute atomic E-state index is 0.0475. The van der Waals surface area contributed by atoms with E-state index >= 15 is 0 Å². The number of nitrogens with zero attached hydrogens (tertiary/aromatic N) is 1. The van der Waals surface area contributed by atoms with E-state index < -0.39 is 4.92 Å². The first kappa shape index (κ1) is 16.8. The lowest BCUT2D eigenvalue weighted by atomic mass is 10.2. The lowest BCUT2D eigenvalue weighted by Gasteiger charge is -2.06. The van der Waals surface area contributed by atoms with Crippen LogP contribution in [-0.2, 0) is 10.5 Å². The minimum atomic E-state index is -0.492. The summed E-state index contributed by atoms with van der Waals surface area (Å²) in [7, 11) is 1.61. The van der Waals surface area contributed by atoms with Crippen LogP contribution >= 0.6 is 11.8 Å². The van der Waals surface area contributed by atoms with Gasteiger partial charge in [0.05, 0.1) is 17.8 Å². The molecule has 0 atom stereocenters. The van der Waals surface area contributed by atoms with Crippen molar-refractivity contribution in [2.24, 2.45) is 0 Å². The van der Waals surface area contributed by atoms with E-state index in [0.717, 1.165) is 11.3 Å². The highest BCUT2D eigenvalue weighted by molar-refractivity contribution is 7.99. The van der Waals surface area contributed by atoms with Gasteiger partial charge in [-0.15, -0.1) is 11.8 Å². The Morgan fingerprint density at radius 2 is 2.00 bits per heavy atom. The average Bonchev–Trinajstić information content (AvgIpc) is 2.55. The summed E-state index contributed by atoms with van der Waals surface area (Å²) in [6.45, 7) is 0. The van der Waals surface area contributed by atoms with Gasteiger partial charge in [0.25, 0.3) is 5.69 Å². The van der Waals surface area contributed by atoms with Crippen LogP contribution in [-0.4, -0.2) is 23.7 Å². The summed E-state index contributed by atoms with van der Waals surface area (Å²) < 4.78 is 5.09. The minimum Gasteiger partial charge on any atom is -0.497 e. The maximum absolute atomic E-state index is 11.9. The van der Waals surface area contributed by atoms with Crippen LogP contribution < -0.4 is 10.1 Å². The van der Waals surface area contributed by atoms with Gasteiger partial charge >= 0.3 is 0 Å². The van der Waals surface area contributed by atoms with Crippen molar-refractivity contribution in [3.05, 3.63) is 64.2 Å². The largest absolute Gasteiger partial charge is 0.497 e. The first-order valence-corrected chi connectivity index (χ1v) is 7.99. The molecule has 2 aromatic rings. The number of nitrogens with one attached hydrogen (secondary N) is 1. The number of hydrogen-bond acceptors (Lipinski definition) is 5. The van der Waals surface area contributed by atoms with E-state index in [-0.39, 0.29) is 17.3 Å². The van der Waals surface area contributed by atoms with Crippen LogP contribution in [0.2, 0.25) is 0 Å². The van der Waals surface area contributed by atoms with Crippen molar-refractivity contribution in [2.45, 2.75) is 5.75 Å². The molecule has 1 amide bonds. The number of rotatable bonds is 7. The van der Waals surface area contributed by atoms with Crippen molar-refractivity contribution in [3.63, 3.8) is 0 Å². The first-order valence-electron chi connectivity index (χ1n) is 6.83. The smallest absolute Gasteiger partial charge is 0.271 e. The third kappa shape index (κ3) is 5.30. The molecule has 0 aromatic heterocycles. The number of carbonyl (C=O) groups excluding carboxylic acids is 1. The first-order chi connectivity index (χ1) is 11.1. The Hall–Kier alpha value is -2.54. The van der Waals surface area contributed by atoms with Crippen molar-refractivity contribution in [1.29, 1.82) is 0 Å². The standard InChI is InChI=1S/C16H16N2O4S/c1-22-15-7-5-12(6-8-15)10-23-11-16(19)17-13-3-2-4-14(9-13)18(20)21/h2-9H,10-11H2,1H3,(H,17,19). The molecule has 0 aliphatic carbocycles. The van der Waals surface area contributed by atoms with Gasteiger partial charge in [0.2, 0.25) is 5.91 Å². The molecule has 2 rings (SSSR count). The van der Waals surface area contributed by atoms with Crippen molar-refractivity contribution >= 4 is 29.0 Å². The number of hydrogen-bond donors (Lipinski definition) is 1. The van der Waals surface area contributed by atoms with Crippen molar-refractivity contribution < 1.29 is 14.5 Å². The number of nitro benzene ring substituents is 1.